The summed E-state index contributed by atoms with van der Waals surface area (Å²) < 4.78 is 0. The molecule has 0 aromatic heterocycles. The molecule has 0 spiro atoms. The average Bonchev–Trinajstić information content (AvgIpc) is 2.67. The normalized spacial score (nSPS) is 26.2. The summed E-state index contributed by atoms with van der Waals surface area (Å²) in [5, 5.41) is 4.62. The molecule has 1 aliphatic carbocycles. The second kappa shape index (κ2) is 8.53. The van der Waals surface area contributed by atoms with Crippen molar-refractivity contribution in [1.29, 1.82) is 0 Å². The topological polar surface area (TPSA) is 15.3 Å². The van der Waals surface area contributed by atoms with Crippen LogP contribution in [0.25, 0.3) is 0 Å². The van der Waals surface area contributed by atoms with Crippen molar-refractivity contribution in [2.24, 2.45) is 5.41 Å². The minimum absolute atomic E-state index is 0.474. The fraction of sp³-hybridized carbons (Fsp3) is 1.00. The molecule has 0 amide bonds. The summed E-state index contributed by atoms with van der Waals surface area (Å²) in [6.07, 6.45) is 4.00. The second-order valence-electron chi connectivity index (χ2n) is 6.40. The minimum Gasteiger partial charge on any atom is -0.312 e. The molecule has 0 heterocycles. The van der Waals surface area contributed by atoms with Crippen LogP contribution in [0, 0.1) is 5.41 Å². The highest BCUT2D eigenvalue weighted by Crippen LogP contribution is 2.42. The van der Waals surface area contributed by atoms with Crippen LogP contribution in [0.1, 0.15) is 53.9 Å². The zero-order valence-corrected chi connectivity index (χ0v) is 14.5. The molecule has 3 heteroatoms. The summed E-state index contributed by atoms with van der Waals surface area (Å²) >= 11 is 2.20. The highest BCUT2D eigenvalue weighted by Gasteiger charge is 2.41. The van der Waals surface area contributed by atoms with Gasteiger partial charge in [0.2, 0.25) is 0 Å². The van der Waals surface area contributed by atoms with Crippen LogP contribution < -0.4 is 5.32 Å². The molecule has 1 fully saturated rings. The molecule has 0 saturated heterocycles. The molecule has 1 rings (SSSR count). The molecule has 0 aromatic carbocycles. The van der Waals surface area contributed by atoms with Crippen molar-refractivity contribution in [3.8, 4) is 0 Å². The fourth-order valence-electron chi connectivity index (χ4n) is 3.10. The van der Waals surface area contributed by atoms with Gasteiger partial charge < -0.3 is 10.2 Å². The molecule has 114 valence electrons. The van der Waals surface area contributed by atoms with Gasteiger partial charge >= 0.3 is 0 Å². The molecule has 0 aromatic rings. The molecule has 2 unspecified atom stereocenters. The number of nitrogens with zero attached hydrogens (tertiary/aromatic N) is 1. The number of rotatable bonds is 9. The predicted molar refractivity (Wildman–Crippen MR) is 89.1 cm³/mol. The SMILES string of the molecule is CCCNC1C(SCCN(CC)CC)CCC1(C)C. The van der Waals surface area contributed by atoms with E-state index in [-0.39, 0.29) is 0 Å². The lowest BCUT2D eigenvalue weighted by atomic mass is 9.87. The number of thioether (sulfide) groups is 1. The van der Waals surface area contributed by atoms with Crippen molar-refractivity contribution in [2.45, 2.75) is 65.2 Å². The van der Waals surface area contributed by atoms with Gasteiger partial charge in [-0.3, -0.25) is 0 Å². The second-order valence-corrected chi connectivity index (χ2v) is 7.74. The average molecular weight is 287 g/mol. The molecule has 0 aliphatic heterocycles. The van der Waals surface area contributed by atoms with Gasteiger partial charge in [0.1, 0.15) is 0 Å². The maximum Gasteiger partial charge on any atom is 0.0237 e. The van der Waals surface area contributed by atoms with Crippen molar-refractivity contribution < 1.29 is 0 Å². The van der Waals surface area contributed by atoms with Crippen LogP contribution in [0.3, 0.4) is 0 Å². The fourth-order valence-corrected chi connectivity index (χ4v) is 4.71. The Labute approximate surface area is 125 Å². The monoisotopic (exact) mass is 286 g/mol. The Morgan fingerprint density at radius 1 is 1.21 bits per heavy atom. The van der Waals surface area contributed by atoms with E-state index in [9.17, 15) is 0 Å². The van der Waals surface area contributed by atoms with Crippen molar-refractivity contribution in [3.05, 3.63) is 0 Å². The number of nitrogens with one attached hydrogen (secondary N) is 1. The largest absolute Gasteiger partial charge is 0.312 e. The first kappa shape index (κ1) is 17.3. The summed E-state index contributed by atoms with van der Waals surface area (Å²) in [7, 11) is 0. The summed E-state index contributed by atoms with van der Waals surface area (Å²) in [5.41, 5.74) is 0.474. The minimum atomic E-state index is 0.474. The Kier molecular flexibility index (Phi) is 7.78. The van der Waals surface area contributed by atoms with E-state index in [1.807, 2.05) is 0 Å². The lowest BCUT2D eigenvalue weighted by Gasteiger charge is -2.32. The standard InChI is InChI=1S/C16H34N2S/c1-6-11-17-15-14(9-10-16(15,4)5)19-13-12-18(7-2)8-3/h14-15,17H,6-13H2,1-5H3. The predicted octanol–water partition coefficient (Wildman–Crippen LogP) is 3.62. The molecule has 0 bridgehead atoms. The molecule has 1 saturated carbocycles. The molecule has 19 heavy (non-hydrogen) atoms. The van der Waals surface area contributed by atoms with Gasteiger partial charge in [-0.05, 0) is 44.3 Å². The van der Waals surface area contributed by atoms with Crippen molar-refractivity contribution in [2.75, 3.05) is 31.9 Å². The van der Waals surface area contributed by atoms with E-state index < -0.39 is 0 Å². The molecule has 2 nitrogen and oxygen atoms in total. The van der Waals surface area contributed by atoms with Crippen LogP contribution >= 0.6 is 11.8 Å². The summed E-state index contributed by atoms with van der Waals surface area (Å²) in [6, 6.07) is 0.703. The smallest absolute Gasteiger partial charge is 0.0237 e. The lowest BCUT2D eigenvalue weighted by molar-refractivity contribution is 0.287. The molecule has 1 aliphatic rings. The Bertz CT molecular complexity index is 239. The van der Waals surface area contributed by atoms with E-state index in [2.05, 4.69) is 56.6 Å². The Balaban J connectivity index is 2.38. The van der Waals surface area contributed by atoms with Gasteiger partial charge in [-0.25, -0.2) is 0 Å². The van der Waals surface area contributed by atoms with Crippen LogP contribution in [0.15, 0.2) is 0 Å². The van der Waals surface area contributed by atoms with E-state index >= 15 is 0 Å². The summed E-state index contributed by atoms with van der Waals surface area (Å²) in [5.74, 6) is 1.28. The van der Waals surface area contributed by atoms with Crippen LogP contribution in [0.4, 0.5) is 0 Å². The van der Waals surface area contributed by atoms with Gasteiger partial charge in [0.25, 0.3) is 0 Å². The summed E-state index contributed by atoms with van der Waals surface area (Å²) in [4.78, 5) is 2.53. The van der Waals surface area contributed by atoms with Crippen molar-refractivity contribution >= 4 is 11.8 Å². The molecular formula is C16H34N2S. The first-order chi connectivity index (χ1) is 9.05. The first-order valence-corrected chi connectivity index (χ1v) is 9.17. The Morgan fingerprint density at radius 2 is 1.89 bits per heavy atom. The van der Waals surface area contributed by atoms with Gasteiger partial charge in [0.05, 0.1) is 0 Å². The zero-order valence-electron chi connectivity index (χ0n) is 13.7. The van der Waals surface area contributed by atoms with Crippen LogP contribution in [-0.2, 0) is 0 Å². The van der Waals surface area contributed by atoms with Crippen LogP contribution in [0.5, 0.6) is 0 Å². The van der Waals surface area contributed by atoms with E-state index in [1.54, 1.807) is 0 Å². The zero-order chi connectivity index (χ0) is 14.3. The molecular weight excluding hydrogens is 252 g/mol. The van der Waals surface area contributed by atoms with Gasteiger partial charge in [-0.15, -0.1) is 0 Å². The van der Waals surface area contributed by atoms with E-state index in [1.165, 1.54) is 51.2 Å². The number of hydrogen-bond donors (Lipinski definition) is 1. The number of hydrogen-bond acceptors (Lipinski definition) is 3. The highest BCUT2D eigenvalue weighted by atomic mass is 32.2. The van der Waals surface area contributed by atoms with E-state index in [0.29, 0.717) is 11.5 Å². The van der Waals surface area contributed by atoms with Gasteiger partial charge in [0.15, 0.2) is 0 Å². The molecule has 0 radical (unpaired) electrons. The molecule has 1 N–H and O–H groups in total. The van der Waals surface area contributed by atoms with Crippen molar-refractivity contribution in [1.82, 2.24) is 10.2 Å². The third kappa shape index (κ3) is 5.28. The van der Waals surface area contributed by atoms with Crippen molar-refractivity contribution in [3.63, 3.8) is 0 Å². The Hall–Kier alpha value is 0.270. The third-order valence-corrected chi connectivity index (χ3v) is 5.89. The third-order valence-electron chi connectivity index (χ3n) is 4.54. The van der Waals surface area contributed by atoms with Crippen LogP contribution in [0.2, 0.25) is 0 Å². The van der Waals surface area contributed by atoms with E-state index in [4.69, 9.17) is 0 Å². The maximum atomic E-state index is 3.80. The lowest BCUT2D eigenvalue weighted by Crippen LogP contribution is -2.44. The maximum absolute atomic E-state index is 3.80. The summed E-state index contributed by atoms with van der Waals surface area (Å²) in [6.45, 7) is 16.4. The highest BCUT2D eigenvalue weighted by molar-refractivity contribution is 8.00. The van der Waals surface area contributed by atoms with Gasteiger partial charge in [-0.1, -0.05) is 34.6 Å². The van der Waals surface area contributed by atoms with E-state index in [0.717, 1.165) is 5.25 Å². The molecule has 2 atom stereocenters. The first-order valence-electron chi connectivity index (χ1n) is 8.12. The quantitative estimate of drug-likeness (QED) is 0.697. The Morgan fingerprint density at radius 3 is 2.47 bits per heavy atom. The van der Waals surface area contributed by atoms with Gasteiger partial charge in [-0.2, -0.15) is 11.8 Å². The van der Waals surface area contributed by atoms with Crippen LogP contribution in [-0.4, -0.2) is 48.1 Å². The van der Waals surface area contributed by atoms with Gasteiger partial charge in [0, 0.05) is 23.6 Å².